The van der Waals surface area contributed by atoms with Crippen molar-refractivity contribution in [3.8, 4) is 0 Å². The summed E-state index contributed by atoms with van der Waals surface area (Å²) in [5.41, 5.74) is 3.13. The van der Waals surface area contributed by atoms with Gasteiger partial charge in [0.25, 0.3) is 10.0 Å². The molecule has 2 aromatic carbocycles. The van der Waals surface area contributed by atoms with Gasteiger partial charge >= 0.3 is 0 Å². The smallest absolute Gasteiger partial charge is 0.271 e. The normalized spacial score (nSPS) is 11.1. The maximum atomic E-state index is 12.4. The van der Waals surface area contributed by atoms with E-state index in [-0.39, 0.29) is 16.5 Å². The highest BCUT2D eigenvalue weighted by molar-refractivity contribution is 7.94. The third-order valence-electron chi connectivity index (χ3n) is 4.61. The van der Waals surface area contributed by atoms with Crippen LogP contribution in [0.1, 0.15) is 19.4 Å². The monoisotopic (exact) mass is 443 g/mol. The lowest BCUT2D eigenvalue weighted by atomic mass is 10.1. The van der Waals surface area contributed by atoms with Crippen molar-refractivity contribution in [2.45, 2.75) is 24.5 Å². The number of benzene rings is 2. The quantitative estimate of drug-likeness (QED) is 0.508. The number of sulfonamides is 1. The molecule has 0 saturated carbocycles. The van der Waals surface area contributed by atoms with Crippen LogP contribution < -0.4 is 14.9 Å². The predicted molar refractivity (Wildman–Crippen MR) is 124 cm³/mol. The molecule has 3 aromatic rings. The highest BCUT2D eigenvalue weighted by Gasteiger charge is 2.15. The first kappa shape index (κ1) is 21.9. The van der Waals surface area contributed by atoms with Gasteiger partial charge in [-0.2, -0.15) is 0 Å². The molecule has 0 bridgehead atoms. The molecule has 6 nitrogen and oxygen atoms in total. The summed E-state index contributed by atoms with van der Waals surface area (Å²) in [6.07, 6.45) is 0.204. The van der Waals surface area contributed by atoms with Crippen molar-refractivity contribution in [3.05, 3.63) is 71.6 Å². The number of nitrogens with one attached hydrogen (secondary N) is 2. The number of hydrogen-bond donors (Lipinski definition) is 2. The highest BCUT2D eigenvalue weighted by Crippen LogP contribution is 2.21. The summed E-state index contributed by atoms with van der Waals surface area (Å²) in [5.74, 6) is -0.127. The second-order valence-electron chi connectivity index (χ2n) is 6.68. The molecule has 0 saturated heterocycles. The van der Waals surface area contributed by atoms with Crippen molar-refractivity contribution in [2.75, 3.05) is 28.0 Å². The second kappa shape index (κ2) is 9.77. The zero-order chi connectivity index (χ0) is 21.6. The fourth-order valence-electron chi connectivity index (χ4n) is 3.05. The van der Waals surface area contributed by atoms with Crippen molar-refractivity contribution in [3.63, 3.8) is 0 Å². The minimum atomic E-state index is -3.57. The summed E-state index contributed by atoms with van der Waals surface area (Å²) >= 11 is 1.16. The number of rotatable bonds is 9. The van der Waals surface area contributed by atoms with Crippen LogP contribution in [0, 0.1) is 0 Å². The average Bonchev–Trinajstić information content (AvgIpc) is 3.27. The number of thiophene rings is 1. The molecule has 0 aliphatic carbocycles. The minimum absolute atomic E-state index is 0.127. The Morgan fingerprint density at radius 2 is 1.57 bits per heavy atom. The first-order valence-corrected chi connectivity index (χ1v) is 12.1. The van der Waals surface area contributed by atoms with Crippen LogP contribution in [0.3, 0.4) is 0 Å². The molecule has 3 rings (SSSR count). The molecule has 1 aromatic heterocycles. The van der Waals surface area contributed by atoms with E-state index in [1.807, 2.05) is 24.3 Å². The third-order valence-corrected chi connectivity index (χ3v) is 7.39. The topological polar surface area (TPSA) is 78.5 Å². The van der Waals surface area contributed by atoms with Crippen LogP contribution in [-0.2, 0) is 21.2 Å². The van der Waals surface area contributed by atoms with E-state index in [0.717, 1.165) is 41.4 Å². The van der Waals surface area contributed by atoms with E-state index < -0.39 is 10.0 Å². The Morgan fingerprint density at radius 1 is 0.933 bits per heavy atom. The minimum Gasteiger partial charge on any atom is -0.372 e. The molecule has 0 atom stereocenters. The van der Waals surface area contributed by atoms with Crippen LogP contribution in [0.2, 0.25) is 0 Å². The van der Waals surface area contributed by atoms with Gasteiger partial charge in [0.1, 0.15) is 4.21 Å². The fraction of sp³-hybridized carbons (Fsp3) is 0.227. The number of amides is 1. The Bertz CT molecular complexity index is 1060. The standard InChI is InChI=1S/C22H25N3O3S2/c1-3-25(4-2)20-13-11-18(12-14-20)23-21(26)16-17-7-9-19(10-8-17)24-30(27,28)22-6-5-15-29-22/h5-15,24H,3-4,16H2,1-2H3,(H,23,26). The SMILES string of the molecule is CCN(CC)c1ccc(NC(=O)Cc2ccc(NS(=O)(=O)c3cccs3)cc2)cc1. The first-order chi connectivity index (χ1) is 14.4. The number of nitrogens with zero attached hydrogens (tertiary/aromatic N) is 1. The highest BCUT2D eigenvalue weighted by atomic mass is 32.2. The molecule has 8 heteroatoms. The Balaban J connectivity index is 1.57. The van der Waals surface area contributed by atoms with Crippen molar-refractivity contribution in [1.82, 2.24) is 0 Å². The van der Waals surface area contributed by atoms with E-state index in [4.69, 9.17) is 0 Å². The van der Waals surface area contributed by atoms with Crippen LogP contribution >= 0.6 is 11.3 Å². The predicted octanol–water partition coefficient (Wildman–Crippen LogP) is 4.58. The van der Waals surface area contributed by atoms with Crippen molar-refractivity contribution in [2.24, 2.45) is 0 Å². The van der Waals surface area contributed by atoms with E-state index in [2.05, 4.69) is 28.8 Å². The van der Waals surface area contributed by atoms with E-state index in [9.17, 15) is 13.2 Å². The Kier molecular flexibility index (Phi) is 7.12. The molecule has 0 fully saturated rings. The van der Waals surface area contributed by atoms with Crippen molar-refractivity contribution in [1.29, 1.82) is 0 Å². The lowest BCUT2D eigenvalue weighted by Gasteiger charge is -2.21. The maximum Gasteiger partial charge on any atom is 0.271 e. The van der Waals surface area contributed by atoms with Crippen molar-refractivity contribution < 1.29 is 13.2 Å². The zero-order valence-electron chi connectivity index (χ0n) is 17.0. The summed E-state index contributed by atoms with van der Waals surface area (Å²) < 4.78 is 27.3. The zero-order valence-corrected chi connectivity index (χ0v) is 18.6. The van der Waals surface area contributed by atoms with Gasteiger partial charge in [0.05, 0.1) is 6.42 Å². The van der Waals surface area contributed by atoms with Gasteiger partial charge in [0.15, 0.2) is 0 Å². The molecule has 0 radical (unpaired) electrons. The average molecular weight is 444 g/mol. The van der Waals surface area contributed by atoms with Crippen LogP contribution in [-0.4, -0.2) is 27.4 Å². The van der Waals surface area contributed by atoms with Crippen LogP contribution in [0.15, 0.2) is 70.3 Å². The molecule has 158 valence electrons. The van der Waals surface area contributed by atoms with Gasteiger partial charge in [-0.25, -0.2) is 8.42 Å². The number of carbonyl (C=O) groups excluding carboxylic acids is 1. The molecular formula is C22H25N3O3S2. The largest absolute Gasteiger partial charge is 0.372 e. The Morgan fingerprint density at radius 3 is 2.13 bits per heavy atom. The van der Waals surface area contributed by atoms with Gasteiger partial charge in [-0.05, 0) is 67.3 Å². The molecular weight excluding hydrogens is 418 g/mol. The van der Waals surface area contributed by atoms with Gasteiger partial charge in [0, 0.05) is 30.2 Å². The van der Waals surface area contributed by atoms with E-state index in [0.29, 0.717) is 5.69 Å². The summed E-state index contributed by atoms with van der Waals surface area (Å²) in [6.45, 7) is 6.08. The van der Waals surface area contributed by atoms with Crippen LogP contribution in [0.5, 0.6) is 0 Å². The van der Waals surface area contributed by atoms with Gasteiger partial charge in [0.2, 0.25) is 5.91 Å². The first-order valence-electron chi connectivity index (χ1n) is 9.71. The number of hydrogen-bond acceptors (Lipinski definition) is 5. The Hall–Kier alpha value is -2.84. The molecule has 0 aliphatic rings. The molecule has 30 heavy (non-hydrogen) atoms. The van der Waals surface area contributed by atoms with Crippen molar-refractivity contribution >= 4 is 44.3 Å². The lowest BCUT2D eigenvalue weighted by molar-refractivity contribution is -0.115. The van der Waals surface area contributed by atoms with E-state index in [1.54, 1.807) is 41.8 Å². The molecule has 1 amide bonds. The molecule has 0 unspecified atom stereocenters. The van der Waals surface area contributed by atoms with Gasteiger partial charge < -0.3 is 10.2 Å². The molecule has 0 aliphatic heterocycles. The Labute approximate surface area is 181 Å². The van der Waals surface area contributed by atoms with Gasteiger partial charge in [-0.15, -0.1) is 11.3 Å². The molecule has 1 heterocycles. The number of anilines is 3. The second-order valence-corrected chi connectivity index (χ2v) is 9.54. The van der Waals surface area contributed by atoms with E-state index in [1.165, 1.54) is 0 Å². The fourth-order valence-corrected chi connectivity index (χ4v) is 5.10. The van der Waals surface area contributed by atoms with Gasteiger partial charge in [-0.3, -0.25) is 9.52 Å². The summed E-state index contributed by atoms with van der Waals surface area (Å²) in [5, 5.41) is 4.61. The lowest BCUT2D eigenvalue weighted by Crippen LogP contribution is -2.21. The van der Waals surface area contributed by atoms with Crippen LogP contribution in [0.4, 0.5) is 17.1 Å². The summed E-state index contributed by atoms with van der Waals surface area (Å²) in [4.78, 5) is 14.6. The summed E-state index contributed by atoms with van der Waals surface area (Å²) in [6, 6.07) is 17.8. The number of carbonyl (C=O) groups is 1. The maximum absolute atomic E-state index is 12.4. The van der Waals surface area contributed by atoms with Gasteiger partial charge in [-0.1, -0.05) is 18.2 Å². The summed E-state index contributed by atoms with van der Waals surface area (Å²) in [7, 11) is -3.57. The molecule has 0 spiro atoms. The third kappa shape index (κ3) is 5.61. The van der Waals surface area contributed by atoms with Crippen LogP contribution in [0.25, 0.3) is 0 Å². The van der Waals surface area contributed by atoms with E-state index >= 15 is 0 Å². The molecule has 2 N–H and O–H groups in total.